The number of hydrogen-bond donors (Lipinski definition) is 1. The smallest absolute Gasteiger partial charge is 0.252 e. The van der Waals surface area contributed by atoms with Crippen LogP contribution >= 0.6 is 0 Å². The lowest BCUT2D eigenvalue weighted by molar-refractivity contribution is -0.151. The van der Waals surface area contributed by atoms with Gasteiger partial charge in [-0.2, -0.15) is 0 Å². The Labute approximate surface area is 166 Å². The molecule has 7 heteroatoms. The molecular formula is C21H29N3O4. The van der Waals surface area contributed by atoms with E-state index in [1.807, 2.05) is 25.1 Å². The van der Waals surface area contributed by atoms with Gasteiger partial charge in [-0.15, -0.1) is 0 Å². The number of anilines is 1. The molecule has 2 heterocycles. The fourth-order valence-electron chi connectivity index (χ4n) is 3.82. The SMILES string of the molecule is CCCC(=O)Nc1ccc2c(c1)CN(C(=O)[C@H]1CCCO1)[C@H](C(=O)N(C)C)C2. The van der Waals surface area contributed by atoms with Crippen molar-refractivity contribution >= 4 is 23.4 Å². The summed E-state index contributed by atoms with van der Waals surface area (Å²) < 4.78 is 5.57. The molecule has 1 saturated heterocycles. The van der Waals surface area contributed by atoms with Crippen LogP contribution in [0, 0.1) is 0 Å². The fourth-order valence-corrected chi connectivity index (χ4v) is 3.82. The third-order valence-corrected chi connectivity index (χ3v) is 5.31. The van der Waals surface area contributed by atoms with E-state index in [-0.39, 0.29) is 17.7 Å². The van der Waals surface area contributed by atoms with Crippen LogP contribution in [0.25, 0.3) is 0 Å². The molecule has 0 bridgehead atoms. The maximum atomic E-state index is 13.1. The van der Waals surface area contributed by atoms with Crippen LogP contribution in [0.5, 0.6) is 0 Å². The first-order chi connectivity index (χ1) is 13.4. The number of amides is 3. The first kappa shape index (κ1) is 20.3. The Morgan fingerprint density at radius 1 is 1.25 bits per heavy atom. The predicted molar refractivity (Wildman–Crippen MR) is 106 cm³/mol. The van der Waals surface area contributed by atoms with Crippen LogP contribution in [-0.4, -0.2) is 60.4 Å². The molecule has 152 valence electrons. The Bertz CT molecular complexity index is 756. The minimum Gasteiger partial charge on any atom is -0.368 e. The second-order valence-corrected chi connectivity index (χ2v) is 7.70. The van der Waals surface area contributed by atoms with Crippen molar-refractivity contribution < 1.29 is 19.1 Å². The number of nitrogens with one attached hydrogen (secondary N) is 1. The van der Waals surface area contributed by atoms with Gasteiger partial charge in [0, 0.05) is 45.8 Å². The van der Waals surface area contributed by atoms with Gasteiger partial charge in [0.25, 0.3) is 5.91 Å². The monoisotopic (exact) mass is 387 g/mol. The molecule has 0 radical (unpaired) electrons. The van der Waals surface area contributed by atoms with Crippen LogP contribution < -0.4 is 5.32 Å². The van der Waals surface area contributed by atoms with Gasteiger partial charge in [0.05, 0.1) is 0 Å². The molecule has 2 aliphatic heterocycles. The molecule has 3 amide bonds. The van der Waals surface area contributed by atoms with Crippen molar-refractivity contribution in [1.29, 1.82) is 0 Å². The van der Waals surface area contributed by atoms with Crippen LogP contribution in [-0.2, 0) is 32.1 Å². The summed E-state index contributed by atoms with van der Waals surface area (Å²) in [6.07, 6.45) is 2.81. The number of carbonyl (C=O) groups excluding carboxylic acids is 3. The summed E-state index contributed by atoms with van der Waals surface area (Å²) >= 11 is 0. The highest BCUT2D eigenvalue weighted by atomic mass is 16.5. The Kier molecular flexibility index (Phi) is 6.34. The summed E-state index contributed by atoms with van der Waals surface area (Å²) in [6.45, 7) is 2.89. The zero-order valence-corrected chi connectivity index (χ0v) is 16.9. The minimum atomic E-state index is -0.528. The molecule has 2 atom stereocenters. The van der Waals surface area contributed by atoms with Crippen molar-refractivity contribution in [1.82, 2.24) is 9.80 Å². The van der Waals surface area contributed by atoms with E-state index in [4.69, 9.17) is 4.74 Å². The van der Waals surface area contributed by atoms with E-state index in [2.05, 4.69) is 5.32 Å². The standard InChI is InChI=1S/C21H29N3O4/c1-4-6-19(25)22-16-9-8-14-12-17(20(26)23(2)3)24(13-15(14)11-16)21(27)18-7-5-10-28-18/h8-9,11,17-18H,4-7,10,12-13H2,1-3H3,(H,22,25)/t17-,18+/m0/s1. The molecule has 0 spiro atoms. The van der Waals surface area contributed by atoms with Crippen LogP contribution in [0.2, 0.25) is 0 Å². The number of carbonyl (C=O) groups is 3. The van der Waals surface area contributed by atoms with Crippen molar-refractivity contribution in [3.63, 3.8) is 0 Å². The molecule has 1 aromatic carbocycles. The fraction of sp³-hybridized carbons (Fsp3) is 0.571. The van der Waals surface area contributed by atoms with Crippen molar-refractivity contribution in [2.45, 2.75) is 57.7 Å². The Morgan fingerprint density at radius 3 is 2.68 bits per heavy atom. The number of likely N-dealkylation sites (N-methyl/N-ethyl adjacent to an activating group) is 1. The van der Waals surface area contributed by atoms with Crippen LogP contribution in [0.15, 0.2) is 18.2 Å². The van der Waals surface area contributed by atoms with Crippen molar-refractivity contribution in [3.05, 3.63) is 29.3 Å². The van der Waals surface area contributed by atoms with E-state index in [9.17, 15) is 14.4 Å². The van der Waals surface area contributed by atoms with Gasteiger partial charge in [-0.25, -0.2) is 0 Å². The number of rotatable bonds is 5. The molecule has 0 aliphatic carbocycles. The van der Waals surface area contributed by atoms with E-state index in [0.717, 1.165) is 29.7 Å². The third-order valence-electron chi connectivity index (χ3n) is 5.31. The first-order valence-corrected chi connectivity index (χ1v) is 9.95. The van der Waals surface area contributed by atoms with E-state index < -0.39 is 12.1 Å². The van der Waals surface area contributed by atoms with Crippen LogP contribution in [0.3, 0.4) is 0 Å². The normalized spacial score (nSPS) is 21.2. The zero-order valence-electron chi connectivity index (χ0n) is 16.9. The second-order valence-electron chi connectivity index (χ2n) is 7.70. The summed E-state index contributed by atoms with van der Waals surface area (Å²) in [5, 5.41) is 2.90. The lowest BCUT2D eigenvalue weighted by Crippen LogP contribution is -2.54. The largest absolute Gasteiger partial charge is 0.368 e. The molecule has 0 saturated carbocycles. The highest BCUT2D eigenvalue weighted by Crippen LogP contribution is 2.29. The second kappa shape index (κ2) is 8.73. The Hall–Kier alpha value is -2.41. The van der Waals surface area contributed by atoms with E-state index in [1.165, 1.54) is 4.90 Å². The molecule has 7 nitrogen and oxygen atoms in total. The Morgan fingerprint density at radius 2 is 2.04 bits per heavy atom. The van der Waals surface area contributed by atoms with E-state index >= 15 is 0 Å². The van der Waals surface area contributed by atoms with Crippen LogP contribution in [0.4, 0.5) is 5.69 Å². The van der Waals surface area contributed by atoms with Gasteiger partial charge in [-0.1, -0.05) is 13.0 Å². The van der Waals surface area contributed by atoms with Gasteiger partial charge >= 0.3 is 0 Å². The van der Waals surface area contributed by atoms with Gasteiger partial charge in [0.2, 0.25) is 11.8 Å². The number of hydrogen-bond acceptors (Lipinski definition) is 4. The molecule has 1 fully saturated rings. The average Bonchev–Trinajstić information content (AvgIpc) is 3.20. The summed E-state index contributed by atoms with van der Waals surface area (Å²) in [5.74, 6) is -0.229. The quantitative estimate of drug-likeness (QED) is 0.838. The number of benzene rings is 1. The number of fused-ring (bicyclic) bond motifs is 1. The molecule has 1 aromatic rings. The van der Waals surface area contributed by atoms with E-state index in [1.54, 1.807) is 19.0 Å². The van der Waals surface area contributed by atoms with Crippen molar-refractivity contribution in [3.8, 4) is 0 Å². The summed E-state index contributed by atoms with van der Waals surface area (Å²) in [4.78, 5) is 40.9. The molecule has 2 aliphatic rings. The molecule has 3 rings (SSSR count). The van der Waals surface area contributed by atoms with E-state index in [0.29, 0.717) is 32.4 Å². The Balaban J connectivity index is 1.86. The van der Waals surface area contributed by atoms with Gasteiger partial charge in [0.15, 0.2) is 0 Å². The van der Waals surface area contributed by atoms with Gasteiger partial charge in [-0.05, 0) is 42.5 Å². The third kappa shape index (κ3) is 4.35. The predicted octanol–water partition coefficient (Wildman–Crippen LogP) is 1.95. The summed E-state index contributed by atoms with van der Waals surface area (Å²) in [6, 6.07) is 5.19. The maximum Gasteiger partial charge on any atom is 0.252 e. The van der Waals surface area contributed by atoms with Gasteiger partial charge in [-0.3, -0.25) is 14.4 Å². The van der Waals surface area contributed by atoms with Gasteiger partial charge in [0.1, 0.15) is 12.1 Å². The lowest BCUT2D eigenvalue weighted by Gasteiger charge is -2.38. The van der Waals surface area contributed by atoms with Crippen molar-refractivity contribution in [2.24, 2.45) is 0 Å². The maximum absolute atomic E-state index is 13.1. The minimum absolute atomic E-state index is 0.0220. The van der Waals surface area contributed by atoms with Crippen molar-refractivity contribution in [2.75, 3.05) is 26.0 Å². The number of ether oxygens (including phenoxy) is 1. The zero-order chi connectivity index (χ0) is 20.3. The first-order valence-electron chi connectivity index (χ1n) is 9.95. The topological polar surface area (TPSA) is 79.0 Å². The molecule has 0 aromatic heterocycles. The van der Waals surface area contributed by atoms with Gasteiger partial charge < -0.3 is 19.9 Å². The lowest BCUT2D eigenvalue weighted by atomic mass is 9.92. The average molecular weight is 387 g/mol. The number of nitrogens with zero attached hydrogens (tertiary/aromatic N) is 2. The molecule has 0 unspecified atom stereocenters. The molecule has 28 heavy (non-hydrogen) atoms. The summed E-state index contributed by atoms with van der Waals surface area (Å²) in [5.41, 5.74) is 2.72. The van der Waals surface area contributed by atoms with Crippen LogP contribution in [0.1, 0.15) is 43.7 Å². The molecular weight excluding hydrogens is 358 g/mol. The summed E-state index contributed by atoms with van der Waals surface area (Å²) in [7, 11) is 3.41. The highest BCUT2D eigenvalue weighted by Gasteiger charge is 2.39. The highest BCUT2D eigenvalue weighted by molar-refractivity contribution is 5.92. The molecule has 1 N–H and O–H groups in total.